The summed E-state index contributed by atoms with van der Waals surface area (Å²) < 4.78 is 22.2. The van der Waals surface area contributed by atoms with Crippen molar-refractivity contribution in [3.05, 3.63) is 72.5 Å². The van der Waals surface area contributed by atoms with Crippen LogP contribution < -0.4 is 11.2 Å². The van der Waals surface area contributed by atoms with Crippen LogP contribution in [0.4, 0.5) is 5.69 Å². The van der Waals surface area contributed by atoms with Gasteiger partial charge in [-0.05, 0) is 25.3 Å². The van der Waals surface area contributed by atoms with E-state index in [1.54, 1.807) is 19.1 Å². The highest BCUT2D eigenvalue weighted by molar-refractivity contribution is 7.45. The van der Waals surface area contributed by atoms with Gasteiger partial charge in [-0.2, -0.15) is 0 Å². The van der Waals surface area contributed by atoms with Crippen LogP contribution >= 0.6 is 8.53 Å². The van der Waals surface area contributed by atoms with Gasteiger partial charge in [-0.3, -0.25) is 24.5 Å². The molecule has 35 heavy (non-hydrogen) atoms. The summed E-state index contributed by atoms with van der Waals surface area (Å²) in [6.07, 6.45) is 2.46. The minimum Gasteiger partial charge on any atom is -0.394 e. The van der Waals surface area contributed by atoms with Crippen molar-refractivity contribution in [1.29, 1.82) is 0 Å². The molecular formula is C22H27N4O8P. The second-order valence-corrected chi connectivity index (χ2v) is 10.5. The van der Waals surface area contributed by atoms with E-state index in [-0.39, 0.29) is 24.4 Å². The van der Waals surface area contributed by atoms with Crippen LogP contribution in [0, 0.1) is 17.0 Å². The fourth-order valence-corrected chi connectivity index (χ4v) is 6.91. The molecule has 6 atom stereocenters. The number of ether oxygens (including phenoxy) is 1. The Labute approximate surface area is 201 Å². The summed E-state index contributed by atoms with van der Waals surface area (Å²) in [6.45, 7) is 2.17. The zero-order valence-electron chi connectivity index (χ0n) is 19.1. The number of non-ortho nitro benzene ring substituents is 1. The van der Waals surface area contributed by atoms with Crippen molar-refractivity contribution < 1.29 is 23.8 Å². The summed E-state index contributed by atoms with van der Waals surface area (Å²) in [5, 5.41) is 20.8. The number of hydrogen-bond donors (Lipinski definition) is 2. The Morgan fingerprint density at radius 2 is 2.06 bits per heavy atom. The molecule has 0 saturated carbocycles. The highest BCUT2D eigenvalue weighted by Crippen LogP contribution is 2.58. The van der Waals surface area contributed by atoms with Gasteiger partial charge < -0.3 is 18.9 Å². The molecule has 1 aromatic carbocycles. The van der Waals surface area contributed by atoms with Crippen LogP contribution in [0.5, 0.6) is 0 Å². The minimum absolute atomic E-state index is 0.0526. The topological polar surface area (TPSA) is 149 Å². The van der Waals surface area contributed by atoms with Crippen molar-refractivity contribution in [2.75, 3.05) is 13.2 Å². The van der Waals surface area contributed by atoms with E-state index >= 15 is 0 Å². The third kappa shape index (κ3) is 4.82. The Kier molecular flexibility index (Phi) is 6.84. The fourth-order valence-electron chi connectivity index (χ4n) is 4.91. The molecule has 13 heteroatoms. The smallest absolute Gasteiger partial charge is 0.330 e. The summed E-state index contributed by atoms with van der Waals surface area (Å²) >= 11 is 0. The van der Waals surface area contributed by atoms with Crippen LogP contribution in [0.15, 0.2) is 40.1 Å². The van der Waals surface area contributed by atoms with Crippen LogP contribution in [-0.4, -0.2) is 61.8 Å². The molecule has 4 heterocycles. The van der Waals surface area contributed by atoms with Gasteiger partial charge in [0.25, 0.3) is 19.8 Å². The molecule has 0 spiro atoms. The third-order valence-corrected chi connectivity index (χ3v) is 8.58. The summed E-state index contributed by atoms with van der Waals surface area (Å²) in [4.78, 5) is 36.8. The number of rotatable bonds is 7. The van der Waals surface area contributed by atoms with Gasteiger partial charge >= 0.3 is 5.69 Å². The molecule has 12 nitrogen and oxygen atoms in total. The van der Waals surface area contributed by atoms with E-state index in [1.807, 2.05) is 0 Å². The standard InChI is InChI=1S/C22H27N4O8P/c1-13-11-24(22(29)23-21(13)28)20-10-18(19(12-27)32-20)34-35-25-8-2-3-16(25)17(33-35)9-14-4-6-15(7-5-14)26(30)31/h4-7,11,16-20,27H,2-3,8-10,12H2,1H3,(H,23,28,29)/t16-,17?,18+,19+,20+,35+/m0/s1. The lowest BCUT2D eigenvalue weighted by atomic mass is 10.0. The maximum atomic E-state index is 12.3. The molecule has 1 unspecified atom stereocenters. The average Bonchev–Trinajstić information content (AvgIpc) is 3.54. The summed E-state index contributed by atoms with van der Waals surface area (Å²) in [5.41, 5.74) is 0.369. The number of aryl methyl sites for hydroxylation is 1. The number of nitro groups is 1. The number of nitro benzene ring substituents is 1. The zero-order chi connectivity index (χ0) is 24.7. The van der Waals surface area contributed by atoms with Gasteiger partial charge in [0.05, 0.1) is 23.7 Å². The molecule has 2 aromatic rings. The van der Waals surface area contributed by atoms with Crippen LogP contribution in [0.25, 0.3) is 0 Å². The van der Waals surface area contributed by atoms with Crippen molar-refractivity contribution in [2.45, 2.75) is 63.2 Å². The number of fused-ring (bicyclic) bond motifs is 1. The SMILES string of the molecule is Cc1cn([C@H]2C[C@@H](O[P@@]3OC(Cc4ccc([N+](=O)[O-])cc4)[C@@H]4CCCN43)[C@@H](CO)O2)c(=O)[nH]c1=O. The van der Waals surface area contributed by atoms with Gasteiger partial charge in [-0.15, -0.1) is 0 Å². The molecule has 0 aliphatic carbocycles. The molecule has 2 N–H and O–H groups in total. The Morgan fingerprint density at radius 1 is 1.29 bits per heavy atom. The molecule has 3 aliphatic heterocycles. The number of aliphatic hydroxyl groups excluding tert-OH is 1. The van der Waals surface area contributed by atoms with Crippen molar-refractivity contribution in [1.82, 2.24) is 14.2 Å². The first kappa shape index (κ1) is 24.2. The molecule has 188 valence electrons. The van der Waals surface area contributed by atoms with Crippen molar-refractivity contribution in [3.8, 4) is 0 Å². The molecule has 5 rings (SSSR count). The van der Waals surface area contributed by atoms with E-state index in [0.717, 1.165) is 24.9 Å². The minimum atomic E-state index is -1.40. The maximum absolute atomic E-state index is 12.3. The van der Waals surface area contributed by atoms with E-state index in [4.69, 9.17) is 13.8 Å². The maximum Gasteiger partial charge on any atom is 0.330 e. The van der Waals surface area contributed by atoms with E-state index < -0.39 is 43.1 Å². The van der Waals surface area contributed by atoms with E-state index in [1.165, 1.54) is 22.9 Å². The molecule has 3 saturated heterocycles. The summed E-state index contributed by atoms with van der Waals surface area (Å²) in [7, 11) is -1.40. The summed E-state index contributed by atoms with van der Waals surface area (Å²) in [5.74, 6) is 0. The second-order valence-electron chi connectivity index (χ2n) is 9.05. The highest BCUT2D eigenvalue weighted by atomic mass is 31.2. The first-order valence-electron chi connectivity index (χ1n) is 11.6. The van der Waals surface area contributed by atoms with Crippen LogP contribution in [-0.2, 0) is 20.2 Å². The molecule has 3 fully saturated rings. The number of aliphatic hydroxyl groups is 1. The first-order valence-corrected chi connectivity index (χ1v) is 12.7. The number of aromatic amines is 1. The fraction of sp³-hybridized carbons (Fsp3) is 0.545. The summed E-state index contributed by atoms with van der Waals surface area (Å²) in [6, 6.07) is 6.69. The van der Waals surface area contributed by atoms with Crippen molar-refractivity contribution in [2.24, 2.45) is 0 Å². The van der Waals surface area contributed by atoms with Gasteiger partial charge in [-0.25, -0.2) is 9.46 Å². The van der Waals surface area contributed by atoms with Gasteiger partial charge in [0, 0.05) is 49.3 Å². The van der Waals surface area contributed by atoms with E-state index in [0.29, 0.717) is 18.4 Å². The Balaban J connectivity index is 1.28. The largest absolute Gasteiger partial charge is 0.394 e. The monoisotopic (exact) mass is 506 g/mol. The van der Waals surface area contributed by atoms with Crippen LogP contribution in [0.3, 0.4) is 0 Å². The molecule has 0 radical (unpaired) electrons. The number of hydrogen-bond acceptors (Lipinski definition) is 9. The second kappa shape index (κ2) is 9.88. The predicted molar refractivity (Wildman–Crippen MR) is 125 cm³/mol. The normalized spacial score (nSPS) is 30.6. The molecule has 1 aromatic heterocycles. The van der Waals surface area contributed by atoms with E-state index in [9.17, 15) is 24.8 Å². The lowest BCUT2D eigenvalue weighted by Crippen LogP contribution is -2.33. The Bertz CT molecular complexity index is 1200. The number of H-pyrrole nitrogens is 1. The van der Waals surface area contributed by atoms with Crippen LogP contribution in [0.1, 0.15) is 36.6 Å². The molecule has 3 aliphatic rings. The van der Waals surface area contributed by atoms with E-state index in [2.05, 4.69) is 9.65 Å². The quantitative estimate of drug-likeness (QED) is 0.325. The van der Waals surface area contributed by atoms with Gasteiger partial charge in [-0.1, -0.05) is 12.1 Å². The van der Waals surface area contributed by atoms with Gasteiger partial charge in [0.15, 0.2) is 0 Å². The third-order valence-electron chi connectivity index (χ3n) is 6.76. The zero-order valence-corrected chi connectivity index (χ0v) is 20.0. The predicted octanol–water partition coefficient (Wildman–Crippen LogP) is 1.75. The Morgan fingerprint density at radius 3 is 2.77 bits per heavy atom. The lowest BCUT2D eigenvalue weighted by Gasteiger charge is -2.24. The average molecular weight is 506 g/mol. The van der Waals surface area contributed by atoms with Gasteiger partial charge in [0.1, 0.15) is 12.3 Å². The van der Waals surface area contributed by atoms with Gasteiger partial charge in [0.2, 0.25) is 0 Å². The number of aromatic nitrogens is 2. The van der Waals surface area contributed by atoms with Crippen molar-refractivity contribution in [3.63, 3.8) is 0 Å². The number of nitrogens with zero attached hydrogens (tertiary/aromatic N) is 3. The molecular weight excluding hydrogens is 479 g/mol. The Hall–Kier alpha value is -2.47. The number of nitrogens with one attached hydrogen (secondary N) is 1. The van der Waals surface area contributed by atoms with Crippen molar-refractivity contribution >= 4 is 14.2 Å². The first-order chi connectivity index (χ1) is 16.8. The molecule has 0 amide bonds. The lowest BCUT2D eigenvalue weighted by molar-refractivity contribution is -0.384. The molecule has 0 bridgehead atoms. The number of benzene rings is 1. The highest BCUT2D eigenvalue weighted by Gasteiger charge is 2.49. The van der Waals surface area contributed by atoms with Crippen LogP contribution in [0.2, 0.25) is 0 Å².